The lowest BCUT2D eigenvalue weighted by molar-refractivity contribution is -0.00100. The Morgan fingerprint density at radius 2 is 1.57 bits per heavy atom. The molecule has 0 spiro atoms. The van der Waals surface area contributed by atoms with Gasteiger partial charge in [0.2, 0.25) is 0 Å². The van der Waals surface area contributed by atoms with Crippen molar-refractivity contribution >= 4 is 0 Å². The van der Waals surface area contributed by atoms with Crippen LogP contribution >= 0.6 is 0 Å². The summed E-state index contributed by atoms with van der Waals surface area (Å²) in [5, 5.41) is 10.3. The molecule has 1 atom stereocenters. The van der Waals surface area contributed by atoms with Crippen molar-refractivity contribution in [2.45, 2.75) is 26.5 Å². The number of benzene rings is 2. The van der Waals surface area contributed by atoms with Crippen molar-refractivity contribution in [3.8, 4) is 5.75 Å². The number of piperazine rings is 1. The zero-order chi connectivity index (χ0) is 18.4. The molecule has 2 aromatic carbocycles. The highest BCUT2D eigenvalue weighted by atomic mass is 35.5. The quantitative estimate of drug-likeness (QED) is 0.509. The van der Waals surface area contributed by atoms with Crippen LogP contribution in [-0.4, -0.2) is 60.3 Å². The molecule has 0 aromatic heterocycles. The zero-order valence-corrected chi connectivity index (χ0v) is 18.2. The second kappa shape index (κ2) is 12.3. The molecular formula is C22H30Cl2N2O2-2. The Labute approximate surface area is 181 Å². The van der Waals surface area contributed by atoms with Gasteiger partial charge in [-0.15, -0.1) is 0 Å². The van der Waals surface area contributed by atoms with E-state index >= 15 is 0 Å². The van der Waals surface area contributed by atoms with Crippen LogP contribution in [0.5, 0.6) is 5.75 Å². The third kappa shape index (κ3) is 7.61. The number of aliphatic hydroxyl groups is 1. The van der Waals surface area contributed by atoms with Gasteiger partial charge in [-0.05, 0) is 31.0 Å². The predicted octanol–water partition coefficient (Wildman–Crippen LogP) is -3.13. The number of β-amino-alcohol motifs (C(OH)–C–C–N with tert-alkyl or cyclic N) is 1. The Kier molecular flexibility index (Phi) is 10.9. The molecule has 0 aliphatic carbocycles. The highest BCUT2D eigenvalue weighted by Gasteiger charge is 2.19. The van der Waals surface area contributed by atoms with Gasteiger partial charge in [-0.1, -0.05) is 48.0 Å². The second-order valence-electron chi connectivity index (χ2n) is 7.30. The van der Waals surface area contributed by atoms with E-state index in [2.05, 4.69) is 53.1 Å². The predicted molar refractivity (Wildman–Crippen MR) is 106 cm³/mol. The van der Waals surface area contributed by atoms with E-state index in [0.717, 1.165) is 44.0 Å². The first-order valence-electron chi connectivity index (χ1n) is 9.47. The molecule has 1 unspecified atom stereocenters. The molecule has 1 N–H and O–H groups in total. The SMILES string of the molecule is Cc1ccc(OCC(O)CN2CCN(Cc3ccccc3)CC2)c(C)c1.[Cl-].[Cl-]. The summed E-state index contributed by atoms with van der Waals surface area (Å²) in [6.45, 7) is 10.2. The Morgan fingerprint density at radius 3 is 2.21 bits per heavy atom. The number of hydrogen-bond acceptors (Lipinski definition) is 4. The minimum atomic E-state index is -0.462. The number of nitrogens with zero attached hydrogens (tertiary/aromatic N) is 2. The van der Waals surface area contributed by atoms with Gasteiger partial charge < -0.3 is 34.7 Å². The Morgan fingerprint density at radius 1 is 0.929 bits per heavy atom. The maximum atomic E-state index is 10.3. The van der Waals surface area contributed by atoms with Gasteiger partial charge in [-0.2, -0.15) is 0 Å². The lowest BCUT2D eigenvalue weighted by Crippen LogP contribution is -3.00. The van der Waals surface area contributed by atoms with Gasteiger partial charge in [0.1, 0.15) is 18.5 Å². The summed E-state index contributed by atoms with van der Waals surface area (Å²) in [5.41, 5.74) is 3.71. The minimum Gasteiger partial charge on any atom is -1.00 e. The van der Waals surface area contributed by atoms with Crippen molar-refractivity contribution in [3.63, 3.8) is 0 Å². The van der Waals surface area contributed by atoms with E-state index in [1.165, 1.54) is 11.1 Å². The summed E-state index contributed by atoms with van der Waals surface area (Å²) in [5.74, 6) is 0.863. The normalized spacial score (nSPS) is 16.0. The average molecular weight is 425 g/mol. The molecule has 0 radical (unpaired) electrons. The van der Waals surface area contributed by atoms with Gasteiger partial charge in [0, 0.05) is 39.3 Å². The number of hydrogen-bond donors (Lipinski definition) is 1. The molecule has 0 bridgehead atoms. The van der Waals surface area contributed by atoms with Crippen molar-refractivity contribution in [3.05, 3.63) is 65.2 Å². The van der Waals surface area contributed by atoms with Crippen molar-refractivity contribution in [2.24, 2.45) is 0 Å². The largest absolute Gasteiger partial charge is 1.00 e. The summed E-state index contributed by atoms with van der Waals surface area (Å²) < 4.78 is 5.81. The maximum absolute atomic E-state index is 10.3. The van der Waals surface area contributed by atoms with Crippen LogP contribution in [0.4, 0.5) is 0 Å². The van der Waals surface area contributed by atoms with Crippen LogP contribution < -0.4 is 29.6 Å². The van der Waals surface area contributed by atoms with Crippen LogP contribution in [0.3, 0.4) is 0 Å². The van der Waals surface area contributed by atoms with E-state index in [4.69, 9.17) is 4.74 Å². The number of aryl methyl sites for hydroxylation is 2. The molecule has 1 aliphatic heterocycles. The first-order valence-corrected chi connectivity index (χ1v) is 9.47. The van der Waals surface area contributed by atoms with Crippen LogP contribution in [0.2, 0.25) is 0 Å². The van der Waals surface area contributed by atoms with Gasteiger partial charge in [-0.3, -0.25) is 9.80 Å². The molecule has 1 aliphatic rings. The number of ether oxygens (including phenoxy) is 1. The van der Waals surface area contributed by atoms with Crippen LogP contribution in [0, 0.1) is 13.8 Å². The van der Waals surface area contributed by atoms with Gasteiger partial charge in [0.25, 0.3) is 0 Å². The molecule has 28 heavy (non-hydrogen) atoms. The average Bonchev–Trinajstić information content (AvgIpc) is 2.63. The lowest BCUT2D eigenvalue weighted by atomic mass is 10.1. The van der Waals surface area contributed by atoms with Crippen molar-refractivity contribution in [2.75, 3.05) is 39.3 Å². The molecule has 0 saturated carbocycles. The Hall–Kier alpha value is -1.30. The summed E-state index contributed by atoms with van der Waals surface area (Å²) >= 11 is 0. The molecule has 0 amide bonds. The number of halogens is 2. The minimum absolute atomic E-state index is 0. The smallest absolute Gasteiger partial charge is 0.122 e. The molecule has 156 valence electrons. The van der Waals surface area contributed by atoms with E-state index < -0.39 is 6.10 Å². The first-order chi connectivity index (χ1) is 12.6. The standard InChI is InChI=1S/C22H30N2O2.2ClH/c1-18-8-9-22(19(2)14-18)26-17-21(25)16-24-12-10-23(11-13-24)15-20-6-4-3-5-7-20;;/h3-9,14,21,25H,10-13,15-17H2,1-2H3;2*1H/p-2. The maximum Gasteiger partial charge on any atom is 0.122 e. The molecule has 6 heteroatoms. The number of rotatable bonds is 7. The summed E-state index contributed by atoms with van der Waals surface area (Å²) in [7, 11) is 0. The molecule has 1 fully saturated rings. The van der Waals surface area contributed by atoms with Gasteiger partial charge in [0.05, 0.1) is 0 Å². The van der Waals surface area contributed by atoms with Crippen LogP contribution in [-0.2, 0) is 6.54 Å². The molecule has 2 aromatic rings. The Bertz CT molecular complexity index is 692. The second-order valence-corrected chi connectivity index (χ2v) is 7.30. The van der Waals surface area contributed by atoms with E-state index in [1.807, 2.05) is 19.1 Å². The lowest BCUT2D eigenvalue weighted by Gasteiger charge is -2.35. The van der Waals surface area contributed by atoms with Crippen molar-refractivity contribution in [1.82, 2.24) is 9.80 Å². The van der Waals surface area contributed by atoms with Gasteiger partial charge >= 0.3 is 0 Å². The highest BCUT2D eigenvalue weighted by molar-refractivity contribution is 5.35. The third-order valence-corrected chi connectivity index (χ3v) is 4.94. The Balaban J connectivity index is 0.00000196. The summed E-state index contributed by atoms with van der Waals surface area (Å²) in [4.78, 5) is 4.81. The van der Waals surface area contributed by atoms with Crippen molar-refractivity contribution < 1.29 is 34.7 Å². The van der Waals surface area contributed by atoms with Gasteiger partial charge in [0.15, 0.2) is 0 Å². The van der Waals surface area contributed by atoms with E-state index in [9.17, 15) is 5.11 Å². The first kappa shape index (κ1) is 24.7. The van der Waals surface area contributed by atoms with Crippen LogP contribution in [0.15, 0.2) is 48.5 Å². The van der Waals surface area contributed by atoms with Gasteiger partial charge in [-0.25, -0.2) is 0 Å². The fraction of sp³-hybridized carbons (Fsp3) is 0.455. The van der Waals surface area contributed by atoms with Crippen LogP contribution in [0.25, 0.3) is 0 Å². The third-order valence-electron chi connectivity index (χ3n) is 4.94. The molecule has 4 nitrogen and oxygen atoms in total. The fourth-order valence-corrected chi connectivity index (χ4v) is 3.47. The molecule has 1 heterocycles. The number of aliphatic hydroxyl groups excluding tert-OH is 1. The highest BCUT2D eigenvalue weighted by Crippen LogP contribution is 2.19. The zero-order valence-electron chi connectivity index (χ0n) is 16.7. The van der Waals surface area contributed by atoms with Crippen LogP contribution in [0.1, 0.15) is 16.7 Å². The molecular weight excluding hydrogens is 395 g/mol. The van der Waals surface area contributed by atoms with Crippen molar-refractivity contribution in [1.29, 1.82) is 0 Å². The molecule has 3 rings (SSSR count). The summed E-state index contributed by atoms with van der Waals surface area (Å²) in [6, 6.07) is 16.7. The van der Waals surface area contributed by atoms with E-state index in [-0.39, 0.29) is 24.8 Å². The van der Waals surface area contributed by atoms with E-state index in [1.54, 1.807) is 0 Å². The van der Waals surface area contributed by atoms with E-state index in [0.29, 0.717) is 13.2 Å². The topological polar surface area (TPSA) is 35.9 Å². The summed E-state index contributed by atoms with van der Waals surface area (Å²) in [6.07, 6.45) is -0.462. The fourth-order valence-electron chi connectivity index (χ4n) is 3.47. The molecule has 1 saturated heterocycles. The monoisotopic (exact) mass is 424 g/mol.